The maximum atomic E-state index is 10.9. The largest absolute Gasteiger partial charge is 0.465 e. The lowest BCUT2D eigenvalue weighted by atomic mass is 9.81. The molecule has 0 aromatic rings. The summed E-state index contributed by atoms with van der Waals surface area (Å²) in [5.41, 5.74) is 0.0683. The van der Waals surface area contributed by atoms with Crippen molar-refractivity contribution in [2.24, 2.45) is 5.41 Å². The Morgan fingerprint density at radius 2 is 2.00 bits per heavy atom. The van der Waals surface area contributed by atoms with E-state index in [2.05, 4.69) is 20.8 Å². The molecule has 1 unspecified atom stereocenters. The zero-order valence-corrected chi connectivity index (χ0v) is 8.71. The third-order valence-electron chi connectivity index (χ3n) is 2.75. The van der Waals surface area contributed by atoms with Crippen LogP contribution in [0.25, 0.3) is 0 Å². The van der Waals surface area contributed by atoms with E-state index in [4.69, 9.17) is 5.11 Å². The van der Waals surface area contributed by atoms with Gasteiger partial charge in [-0.2, -0.15) is 0 Å². The van der Waals surface area contributed by atoms with Crippen molar-refractivity contribution in [3.63, 3.8) is 0 Å². The number of carboxylic acid groups (broad SMARTS) is 1. The first-order valence-electron chi connectivity index (χ1n) is 4.92. The number of nitrogens with zero attached hydrogens (tertiary/aromatic N) is 1. The van der Waals surface area contributed by atoms with Crippen LogP contribution in [0.2, 0.25) is 0 Å². The van der Waals surface area contributed by atoms with Gasteiger partial charge in [0.25, 0.3) is 0 Å². The van der Waals surface area contributed by atoms with Gasteiger partial charge in [0.1, 0.15) is 0 Å². The smallest absolute Gasteiger partial charge is 0.407 e. The van der Waals surface area contributed by atoms with Crippen LogP contribution in [0, 0.1) is 5.41 Å². The molecule has 76 valence electrons. The first kappa shape index (κ1) is 10.4. The van der Waals surface area contributed by atoms with Crippen molar-refractivity contribution in [1.29, 1.82) is 0 Å². The fourth-order valence-corrected chi connectivity index (χ4v) is 2.06. The van der Waals surface area contributed by atoms with Crippen molar-refractivity contribution >= 4 is 6.09 Å². The number of carbonyl (C=O) groups is 1. The van der Waals surface area contributed by atoms with Crippen molar-refractivity contribution in [2.45, 2.75) is 46.1 Å². The molecule has 1 aliphatic heterocycles. The minimum atomic E-state index is -0.764. The molecule has 0 aliphatic carbocycles. The van der Waals surface area contributed by atoms with Crippen LogP contribution in [-0.2, 0) is 0 Å². The van der Waals surface area contributed by atoms with E-state index in [0.717, 1.165) is 19.3 Å². The van der Waals surface area contributed by atoms with Crippen LogP contribution < -0.4 is 0 Å². The van der Waals surface area contributed by atoms with Gasteiger partial charge in [-0.15, -0.1) is 0 Å². The Hall–Kier alpha value is -0.730. The lowest BCUT2D eigenvalue weighted by Crippen LogP contribution is -2.49. The van der Waals surface area contributed by atoms with Crippen molar-refractivity contribution in [3.05, 3.63) is 0 Å². The topological polar surface area (TPSA) is 40.5 Å². The lowest BCUT2D eigenvalue weighted by Gasteiger charge is -2.41. The lowest BCUT2D eigenvalue weighted by molar-refractivity contribution is 0.0594. The molecule has 0 bridgehead atoms. The van der Waals surface area contributed by atoms with E-state index in [1.165, 1.54) is 0 Å². The van der Waals surface area contributed by atoms with Gasteiger partial charge < -0.3 is 10.0 Å². The zero-order valence-electron chi connectivity index (χ0n) is 8.71. The van der Waals surface area contributed by atoms with Crippen LogP contribution in [0.1, 0.15) is 40.0 Å². The number of piperidine rings is 1. The van der Waals surface area contributed by atoms with Gasteiger partial charge in [0.05, 0.1) is 0 Å². The molecular formula is C10H19NO2. The Kier molecular flexibility index (Phi) is 2.84. The molecule has 1 amide bonds. The Bertz CT molecular complexity index is 196. The van der Waals surface area contributed by atoms with Crippen molar-refractivity contribution in [3.8, 4) is 0 Å². The van der Waals surface area contributed by atoms with E-state index in [0.29, 0.717) is 6.54 Å². The van der Waals surface area contributed by atoms with E-state index in [9.17, 15) is 4.79 Å². The number of hydrogen-bond donors (Lipinski definition) is 1. The highest BCUT2D eigenvalue weighted by molar-refractivity contribution is 5.65. The quantitative estimate of drug-likeness (QED) is 0.630. The van der Waals surface area contributed by atoms with Crippen LogP contribution in [-0.4, -0.2) is 28.7 Å². The molecule has 1 aliphatic rings. The zero-order chi connectivity index (χ0) is 10.1. The molecule has 13 heavy (non-hydrogen) atoms. The second-order valence-electron chi connectivity index (χ2n) is 4.85. The molecule has 1 rings (SSSR count). The predicted molar refractivity (Wildman–Crippen MR) is 51.8 cm³/mol. The highest BCUT2D eigenvalue weighted by Crippen LogP contribution is 2.31. The van der Waals surface area contributed by atoms with E-state index >= 15 is 0 Å². The molecule has 0 spiro atoms. The average molecular weight is 185 g/mol. The third kappa shape index (κ3) is 2.36. The molecule has 1 saturated heterocycles. The monoisotopic (exact) mass is 185 g/mol. The van der Waals surface area contributed by atoms with Crippen molar-refractivity contribution in [2.75, 3.05) is 6.54 Å². The molecule has 1 N–H and O–H groups in total. The van der Waals surface area contributed by atoms with Gasteiger partial charge in [0.2, 0.25) is 0 Å². The molecule has 0 aromatic heterocycles. The van der Waals surface area contributed by atoms with Crippen LogP contribution in [0.15, 0.2) is 0 Å². The van der Waals surface area contributed by atoms with Gasteiger partial charge in [0, 0.05) is 12.6 Å². The van der Waals surface area contributed by atoms with E-state index < -0.39 is 6.09 Å². The van der Waals surface area contributed by atoms with E-state index in [1.807, 2.05) is 0 Å². The standard InChI is InChI=1S/C10H19NO2/c1-10(2,3)8-6-4-5-7-11(8)9(12)13/h8H,4-7H2,1-3H3,(H,12,13). The number of rotatable bonds is 0. The molecule has 0 saturated carbocycles. The number of hydrogen-bond acceptors (Lipinski definition) is 1. The Morgan fingerprint density at radius 3 is 2.38 bits per heavy atom. The first-order chi connectivity index (χ1) is 5.93. The summed E-state index contributed by atoms with van der Waals surface area (Å²) in [5.74, 6) is 0. The third-order valence-corrected chi connectivity index (χ3v) is 2.75. The maximum Gasteiger partial charge on any atom is 0.407 e. The molecule has 3 nitrogen and oxygen atoms in total. The summed E-state index contributed by atoms with van der Waals surface area (Å²) in [6.07, 6.45) is 2.42. The molecule has 3 heteroatoms. The molecule has 1 heterocycles. The van der Waals surface area contributed by atoms with E-state index in [1.54, 1.807) is 4.90 Å². The molecule has 1 atom stereocenters. The predicted octanol–water partition coefficient (Wildman–Crippen LogP) is 2.57. The second-order valence-corrected chi connectivity index (χ2v) is 4.85. The van der Waals surface area contributed by atoms with Crippen LogP contribution in [0.4, 0.5) is 4.79 Å². The molecule has 1 fully saturated rings. The maximum absolute atomic E-state index is 10.9. The van der Waals surface area contributed by atoms with Gasteiger partial charge in [0.15, 0.2) is 0 Å². The van der Waals surface area contributed by atoms with Gasteiger partial charge in [-0.3, -0.25) is 0 Å². The fourth-order valence-electron chi connectivity index (χ4n) is 2.06. The van der Waals surface area contributed by atoms with Crippen molar-refractivity contribution in [1.82, 2.24) is 4.90 Å². The van der Waals surface area contributed by atoms with Gasteiger partial charge in [-0.1, -0.05) is 20.8 Å². The highest BCUT2D eigenvalue weighted by Gasteiger charge is 2.34. The highest BCUT2D eigenvalue weighted by atomic mass is 16.4. The summed E-state index contributed by atoms with van der Waals surface area (Å²) in [5, 5.41) is 9.00. The summed E-state index contributed by atoms with van der Waals surface area (Å²) in [6.45, 7) is 7.04. The number of amides is 1. The minimum Gasteiger partial charge on any atom is -0.465 e. The summed E-state index contributed by atoms with van der Waals surface area (Å²) in [4.78, 5) is 12.5. The second kappa shape index (κ2) is 3.56. The number of likely N-dealkylation sites (tertiary alicyclic amines) is 1. The van der Waals surface area contributed by atoms with Crippen molar-refractivity contribution < 1.29 is 9.90 Å². The SMILES string of the molecule is CC(C)(C)C1CCCCN1C(=O)O. The van der Waals surface area contributed by atoms with Crippen LogP contribution in [0.5, 0.6) is 0 Å². The normalized spacial score (nSPS) is 24.5. The minimum absolute atomic E-state index is 0.0683. The Morgan fingerprint density at radius 1 is 1.38 bits per heavy atom. The summed E-state index contributed by atoms with van der Waals surface area (Å²) in [6, 6.07) is 0.193. The summed E-state index contributed by atoms with van der Waals surface area (Å²) < 4.78 is 0. The Balaban J connectivity index is 2.73. The van der Waals surface area contributed by atoms with Crippen LogP contribution in [0.3, 0.4) is 0 Å². The first-order valence-corrected chi connectivity index (χ1v) is 4.92. The van der Waals surface area contributed by atoms with Crippen LogP contribution >= 0.6 is 0 Å². The van der Waals surface area contributed by atoms with Gasteiger partial charge in [-0.05, 0) is 24.7 Å². The van der Waals surface area contributed by atoms with Gasteiger partial charge in [-0.25, -0.2) is 4.79 Å². The molecule has 0 radical (unpaired) electrons. The molecular weight excluding hydrogens is 166 g/mol. The summed E-state index contributed by atoms with van der Waals surface area (Å²) in [7, 11) is 0. The van der Waals surface area contributed by atoms with Gasteiger partial charge >= 0.3 is 6.09 Å². The van der Waals surface area contributed by atoms with E-state index in [-0.39, 0.29) is 11.5 Å². The summed E-state index contributed by atoms with van der Waals surface area (Å²) >= 11 is 0. The Labute approximate surface area is 79.7 Å². The average Bonchev–Trinajstić information content (AvgIpc) is 2.03. The molecule has 0 aromatic carbocycles. The fraction of sp³-hybridized carbons (Fsp3) is 0.900.